The van der Waals surface area contributed by atoms with Crippen LogP contribution in [-0.4, -0.2) is 57.9 Å². The zero-order valence-electron chi connectivity index (χ0n) is 21.3. The molecule has 2 aromatic carbocycles. The highest BCUT2D eigenvalue weighted by Crippen LogP contribution is 2.36. The van der Waals surface area contributed by atoms with E-state index in [0.29, 0.717) is 23.7 Å². The van der Waals surface area contributed by atoms with Gasteiger partial charge in [0.15, 0.2) is 0 Å². The van der Waals surface area contributed by atoms with Crippen LogP contribution in [0.4, 0.5) is 13.2 Å². The predicted molar refractivity (Wildman–Crippen MR) is 143 cm³/mol. The van der Waals surface area contributed by atoms with Gasteiger partial charge in [-0.3, -0.25) is 20.5 Å². The molecule has 0 unspecified atom stereocenters. The van der Waals surface area contributed by atoms with Crippen LogP contribution in [0.2, 0.25) is 0 Å². The van der Waals surface area contributed by atoms with Gasteiger partial charge in [-0.2, -0.15) is 13.2 Å². The number of thiophene rings is 1. The molecule has 3 rings (SSSR count). The number of nitrogens with one attached hydrogen (secondary N) is 2. The number of rotatable bonds is 10. The Balaban J connectivity index is 0.000000708. The summed E-state index contributed by atoms with van der Waals surface area (Å²) in [6.07, 6.45) is -4.39. The van der Waals surface area contributed by atoms with E-state index in [9.17, 15) is 27.9 Å². The maximum atomic E-state index is 12.8. The fourth-order valence-electron chi connectivity index (χ4n) is 3.51. The summed E-state index contributed by atoms with van der Waals surface area (Å²) in [5.41, 5.74) is 4.17. The van der Waals surface area contributed by atoms with E-state index in [1.807, 2.05) is 47.9 Å². The maximum Gasteiger partial charge on any atom is 0.490 e. The molecule has 0 saturated carbocycles. The Bertz CT molecular complexity index is 1240. The standard InChI is InChI=1S/C25H27N3O4S.C2HF3O2/c1-17(28-32)26-16-8-13-20(25(30)31)27-24(29)22-15-14-21(33-22)23(18-9-4-2-5-10-18)19-11-6-3-7-12-19;3-2(4,5)1(6)7/h2-7,9-12,14-15,20,23,32H,8,13,16H2,1H3,(H,26,28)(H,27,29)(H,30,31);(H,6,7)/t20-;/m0./s1. The summed E-state index contributed by atoms with van der Waals surface area (Å²) in [5.74, 6) is -3.92. The van der Waals surface area contributed by atoms with Gasteiger partial charge < -0.3 is 15.5 Å². The summed E-state index contributed by atoms with van der Waals surface area (Å²) in [6, 6.07) is 22.8. The SMILES string of the molecule is CC(=NCCC[C@H](NC(=O)c1ccc(C(c2ccccc2)c2ccccc2)s1)C(=O)O)NO.O=C(O)C(F)(F)F. The first-order chi connectivity index (χ1) is 18.9. The van der Waals surface area contributed by atoms with Crippen molar-refractivity contribution in [2.24, 2.45) is 4.99 Å². The molecule has 1 amide bonds. The van der Waals surface area contributed by atoms with Crippen molar-refractivity contribution in [1.29, 1.82) is 0 Å². The summed E-state index contributed by atoms with van der Waals surface area (Å²) in [7, 11) is 0. The van der Waals surface area contributed by atoms with Crippen LogP contribution in [0.3, 0.4) is 0 Å². The Morgan fingerprint density at radius 2 is 1.45 bits per heavy atom. The number of carboxylic acid groups (broad SMARTS) is 2. The molecule has 0 spiro atoms. The number of hydrogen-bond donors (Lipinski definition) is 5. The van der Waals surface area contributed by atoms with Crippen molar-refractivity contribution in [3.8, 4) is 0 Å². The lowest BCUT2D eigenvalue weighted by Gasteiger charge is -2.17. The average Bonchev–Trinajstić information content (AvgIpc) is 3.41. The summed E-state index contributed by atoms with van der Waals surface area (Å²) in [4.78, 5) is 38.9. The topological polar surface area (TPSA) is 148 Å². The molecule has 5 N–H and O–H groups in total. The van der Waals surface area contributed by atoms with Crippen molar-refractivity contribution < 1.29 is 43.0 Å². The molecule has 0 saturated heterocycles. The predicted octanol–water partition coefficient (Wildman–Crippen LogP) is 4.92. The number of hydrogen-bond acceptors (Lipinski definition) is 6. The highest BCUT2D eigenvalue weighted by atomic mass is 32.1. The Labute approximate surface area is 232 Å². The average molecular weight is 580 g/mol. The minimum Gasteiger partial charge on any atom is -0.480 e. The monoisotopic (exact) mass is 579 g/mol. The van der Waals surface area contributed by atoms with Crippen LogP contribution < -0.4 is 10.8 Å². The van der Waals surface area contributed by atoms with Crippen LogP contribution >= 0.6 is 11.3 Å². The van der Waals surface area contributed by atoms with Gasteiger partial charge in [-0.25, -0.2) is 9.59 Å². The molecule has 1 atom stereocenters. The molecule has 40 heavy (non-hydrogen) atoms. The highest BCUT2D eigenvalue weighted by molar-refractivity contribution is 7.14. The lowest BCUT2D eigenvalue weighted by atomic mass is 9.90. The van der Waals surface area contributed by atoms with Crippen molar-refractivity contribution in [2.75, 3.05) is 6.54 Å². The lowest BCUT2D eigenvalue weighted by molar-refractivity contribution is -0.192. The van der Waals surface area contributed by atoms with E-state index in [2.05, 4.69) is 34.6 Å². The molecule has 0 radical (unpaired) electrons. The van der Waals surface area contributed by atoms with Gasteiger partial charge in [-0.15, -0.1) is 11.3 Å². The zero-order valence-corrected chi connectivity index (χ0v) is 22.1. The van der Waals surface area contributed by atoms with E-state index in [1.54, 1.807) is 13.0 Å². The molecule has 0 aliphatic carbocycles. The van der Waals surface area contributed by atoms with Crippen molar-refractivity contribution in [2.45, 2.75) is 37.9 Å². The Kier molecular flexibility index (Phi) is 12.3. The highest BCUT2D eigenvalue weighted by Gasteiger charge is 2.38. The Morgan fingerprint density at radius 1 is 0.925 bits per heavy atom. The third-order valence-corrected chi connectivity index (χ3v) is 6.56. The van der Waals surface area contributed by atoms with Crippen LogP contribution in [0, 0.1) is 0 Å². The minimum absolute atomic E-state index is 0.0181. The number of carboxylic acids is 2. The van der Waals surface area contributed by atoms with Gasteiger partial charge in [0.25, 0.3) is 5.91 Å². The number of benzene rings is 2. The Hall–Kier alpha value is -4.23. The molecule has 1 aromatic heterocycles. The Morgan fingerprint density at radius 3 is 1.90 bits per heavy atom. The van der Waals surface area contributed by atoms with E-state index in [4.69, 9.17) is 15.1 Å². The third-order valence-electron chi connectivity index (χ3n) is 5.41. The van der Waals surface area contributed by atoms with E-state index < -0.39 is 30.1 Å². The van der Waals surface area contributed by atoms with E-state index >= 15 is 0 Å². The number of aliphatic carboxylic acids is 2. The number of hydroxylamine groups is 1. The number of aliphatic imine (C=N–C) groups is 1. The molecule has 9 nitrogen and oxygen atoms in total. The number of amides is 1. The van der Waals surface area contributed by atoms with Gasteiger partial charge >= 0.3 is 18.1 Å². The maximum absolute atomic E-state index is 12.8. The fraction of sp³-hybridized carbons (Fsp3) is 0.259. The van der Waals surface area contributed by atoms with Crippen LogP contribution in [0.15, 0.2) is 77.8 Å². The van der Waals surface area contributed by atoms with Crippen LogP contribution in [0.5, 0.6) is 0 Å². The second-order valence-corrected chi connectivity index (χ2v) is 9.46. The van der Waals surface area contributed by atoms with Crippen LogP contribution in [-0.2, 0) is 9.59 Å². The van der Waals surface area contributed by atoms with Gasteiger partial charge in [0.1, 0.15) is 11.9 Å². The number of alkyl halides is 3. The van der Waals surface area contributed by atoms with Crippen molar-refractivity contribution in [1.82, 2.24) is 10.8 Å². The minimum atomic E-state index is -5.08. The summed E-state index contributed by atoms with van der Waals surface area (Å²) in [5, 5.41) is 28.0. The first-order valence-corrected chi connectivity index (χ1v) is 12.7. The van der Waals surface area contributed by atoms with Crippen LogP contribution in [0.25, 0.3) is 0 Å². The number of amidine groups is 1. The summed E-state index contributed by atoms with van der Waals surface area (Å²) >= 11 is 1.36. The molecule has 1 heterocycles. The molecular weight excluding hydrogens is 551 g/mol. The number of halogens is 3. The molecule has 214 valence electrons. The van der Waals surface area contributed by atoms with Gasteiger partial charge in [0.05, 0.1) is 4.88 Å². The summed E-state index contributed by atoms with van der Waals surface area (Å²) < 4.78 is 31.7. The van der Waals surface area contributed by atoms with Crippen molar-refractivity contribution >= 4 is 35.0 Å². The molecule has 3 aromatic rings. The van der Waals surface area contributed by atoms with E-state index in [1.165, 1.54) is 11.3 Å². The smallest absolute Gasteiger partial charge is 0.480 e. The molecule has 13 heteroatoms. The molecule has 0 bridgehead atoms. The van der Waals surface area contributed by atoms with Gasteiger partial charge in [-0.05, 0) is 43.0 Å². The fourth-order valence-corrected chi connectivity index (χ4v) is 4.57. The van der Waals surface area contributed by atoms with Gasteiger partial charge in [0.2, 0.25) is 0 Å². The number of carbonyl (C=O) groups excluding carboxylic acids is 1. The second kappa shape index (κ2) is 15.4. The van der Waals surface area contributed by atoms with Crippen molar-refractivity contribution in [3.63, 3.8) is 0 Å². The second-order valence-electron chi connectivity index (χ2n) is 8.34. The molecule has 0 aliphatic heterocycles. The van der Waals surface area contributed by atoms with Gasteiger partial charge in [0, 0.05) is 17.3 Å². The third kappa shape index (κ3) is 10.2. The lowest BCUT2D eigenvalue weighted by Crippen LogP contribution is -2.40. The van der Waals surface area contributed by atoms with E-state index in [0.717, 1.165) is 16.0 Å². The summed E-state index contributed by atoms with van der Waals surface area (Å²) in [6.45, 7) is 1.95. The quantitative estimate of drug-likeness (QED) is 0.0991. The number of carbonyl (C=O) groups is 3. The van der Waals surface area contributed by atoms with E-state index in [-0.39, 0.29) is 12.3 Å². The first kappa shape index (κ1) is 32.0. The zero-order chi connectivity index (χ0) is 29.7. The van der Waals surface area contributed by atoms with Gasteiger partial charge in [-0.1, -0.05) is 60.7 Å². The number of nitrogens with zero attached hydrogens (tertiary/aromatic N) is 1. The largest absolute Gasteiger partial charge is 0.490 e. The molecular formula is C27H28F3N3O6S. The normalized spacial score (nSPS) is 12.2. The van der Waals surface area contributed by atoms with Crippen molar-refractivity contribution in [3.05, 3.63) is 93.7 Å². The molecule has 0 fully saturated rings. The molecule has 0 aliphatic rings. The first-order valence-electron chi connectivity index (χ1n) is 11.9. The van der Waals surface area contributed by atoms with Crippen LogP contribution in [0.1, 0.15) is 51.4 Å².